The standard InChI is InChI=1S/C63H40N2/c1-3-20-41(21-4-1)64(42-22-5-2-6-23-42)43-38-39-48-47-27-14-18-37-58(47)65(59(48)40-43)62-52-30-9-7-28-49(52)60(50-29-8-10-31-53(50)62)54-33-19-32-51-46-26-13-17-36-57(46)63(61(51)54)55-34-15-11-24-44(55)45-25-12-16-35-56(45)63/h1-40H. The van der Waals surface area contributed by atoms with Gasteiger partial charge in [-0.3, -0.25) is 0 Å². The van der Waals surface area contributed by atoms with E-state index in [1.807, 2.05) is 0 Å². The molecule has 0 saturated heterocycles. The fourth-order valence-electron chi connectivity index (χ4n) is 11.9. The quantitative estimate of drug-likeness (QED) is 0.157. The lowest BCUT2D eigenvalue weighted by atomic mass is 9.68. The zero-order valence-corrected chi connectivity index (χ0v) is 35.5. The molecule has 2 nitrogen and oxygen atoms in total. The van der Waals surface area contributed by atoms with Crippen LogP contribution in [0, 0.1) is 0 Å². The Kier molecular flexibility index (Phi) is 7.64. The van der Waals surface area contributed by atoms with Crippen LogP contribution in [0.25, 0.3) is 82.4 Å². The van der Waals surface area contributed by atoms with Gasteiger partial charge >= 0.3 is 0 Å². The summed E-state index contributed by atoms with van der Waals surface area (Å²) in [6, 6.07) is 90.1. The molecule has 65 heavy (non-hydrogen) atoms. The molecule has 0 amide bonds. The summed E-state index contributed by atoms with van der Waals surface area (Å²) < 4.78 is 2.55. The summed E-state index contributed by atoms with van der Waals surface area (Å²) in [7, 11) is 0. The van der Waals surface area contributed by atoms with Crippen LogP contribution in [0.4, 0.5) is 17.1 Å². The number of fused-ring (bicyclic) bond motifs is 15. The van der Waals surface area contributed by atoms with Crippen molar-refractivity contribution in [2.75, 3.05) is 4.90 Å². The average molecular weight is 825 g/mol. The van der Waals surface area contributed by atoms with Crippen molar-refractivity contribution in [1.29, 1.82) is 0 Å². The molecule has 302 valence electrons. The number of para-hydroxylation sites is 3. The van der Waals surface area contributed by atoms with E-state index in [1.165, 1.54) is 99.2 Å². The highest BCUT2D eigenvalue weighted by atomic mass is 15.1. The molecule has 0 bridgehead atoms. The molecule has 0 saturated carbocycles. The molecular formula is C63H40N2. The van der Waals surface area contributed by atoms with E-state index in [4.69, 9.17) is 0 Å². The minimum absolute atomic E-state index is 0.483. The zero-order chi connectivity index (χ0) is 42.6. The Morgan fingerprint density at radius 1 is 0.292 bits per heavy atom. The van der Waals surface area contributed by atoms with E-state index in [0.717, 1.165) is 22.6 Å². The number of nitrogens with zero attached hydrogens (tertiary/aromatic N) is 2. The molecule has 0 unspecified atom stereocenters. The molecule has 1 spiro atoms. The second kappa shape index (κ2) is 13.8. The van der Waals surface area contributed by atoms with Crippen molar-refractivity contribution in [2.45, 2.75) is 5.41 Å². The van der Waals surface area contributed by atoms with Gasteiger partial charge in [-0.2, -0.15) is 0 Å². The highest BCUT2D eigenvalue weighted by Gasteiger charge is 2.52. The molecular weight excluding hydrogens is 785 g/mol. The lowest BCUT2D eigenvalue weighted by molar-refractivity contribution is 0.796. The zero-order valence-electron chi connectivity index (χ0n) is 35.5. The van der Waals surface area contributed by atoms with Crippen LogP contribution in [0.2, 0.25) is 0 Å². The fraction of sp³-hybridized carbons (Fsp3) is 0.0159. The molecule has 2 aliphatic carbocycles. The topological polar surface area (TPSA) is 8.17 Å². The smallest absolute Gasteiger partial charge is 0.0731 e. The summed E-state index contributed by atoms with van der Waals surface area (Å²) in [6.45, 7) is 0. The van der Waals surface area contributed by atoms with E-state index in [9.17, 15) is 0 Å². The number of anilines is 3. The van der Waals surface area contributed by atoms with Crippen LogP contribution in [0.3, 0.4) is 0 Å². The molecule has 1 aromatic heterocycles. The van der Waals surface area contributed by atoms with Gasteiger partial charge in [0.2, 0.25) is 0 Å². The number of aromatic nitrogens is 1. The molecule has 14 rings (SSSR count). The first kappa shape index (κ1) is 36.1. The van der Waals surface area contributed by atoms with Crippen molar-refractivity contribution in [3.05, 3.63) is 265 Å². The summed E-state index contributed by atoms with van der Waals surface area (Å²) >= 11 is 0. The van der Waals surface area contributed by atoms with Gasteiger partial charge in [0.15, 0.2) is 0 Å². The Bertz CT molecular complexity index is 3740. The Morgan fingerprint density at radius 2 is 0.723 bits per heavy atom. The molecule has 12 aromatic rings. The first-order valence-electron chi connectivity index (χ1n) is 22.6. The lowest BCUT2D eigenvalue weighted by Crippen LogP contribution is -2.26. The third kappa shape index (κ3) is 4.88. The van der Waals surface area contributed by atoms with Crippen LogP contribution in [-0.4, -0.2) is 4.57 Å². The van der Waals surface area contributed by atoms with E-state index in [1.54, 1.807) is 0 Å². The fourth-order valence-corrected chi connectivity index (χ4v) is 11.9. The first-order chi connectivity index (χ1) is 32.3. The van der Waals surface area contributed by atoms with Gasteiger partial charge in [0.05, 0.1) is 22.1 Å². The van der Waals surface area contributed by atoms with E-state index in [-0.39, 0.29) is 0 Å². The van der Waals surface area contributed by atoms with Crippen LogP contribution >= 0.6 is 0 Å². The van der Waals surface area contributed by atoms with Crippen LogP contribution in [-0.2, 0) is 5.41 Å². The number of benzene rings is 11. The SMILES string of the molecule is c1ccc(N(c2ccccc2)c2ccc3c4ccccc4n(-c4c5ccccc5c(-c5cccc6c5C5(c7ccccc7-c7ccccc75)c5ccccc5-6)c5ccccc45)c3c2)cc1. The summed E-state index contributed by atoms with van der Waals surface area (Å²) in [5.41, 5.74) is 19.6. The average Bonchev–Trinajstić information content (AvgIpc) is 3.98. The minimum Gasteiger partial charge on any atom is -0.310 e. The molecule has 2 heteroatoms. The Balaban J connectivity index is 1.09. The molecule has 11 aromatic carbocycles. The Labute approximate surface area is 377 Å². The van der Waals surface area contributed by atoms with Crippen LogP contribution in [0.1, 0.15) is 22.3 Å². The van der Waals surface area contributed by atoms with Gasteiger partial charge < -0.3 is 9.47 Å². The molecule has 0 N–H and O–H groups in total. The third-order valence-electron chi connectivity index (χ3n) is 14.4. The van der Waals surface area contributed by atoms with E-state index in [2.05, 4.69) is 252 Å². The summed E-state index contributed by atoms with van der Waals surface area (Å²) in [5, 5.41) is 7.35. The number of hydrogen-bond donors (Lipinski definition) is 0. The van der Waals surface area contributed by atoms with Gasteiger partial charge in [0, 0.05) is 38.6 Å². The van der Waals surface area contributed by atoms with E-state index in [0.29, 0.717) is 0 Å². The molecule has 0 radical (unpaired) electrons. The lowest BCUT2D eigenvalue weighted by Gasteiger charge is -2.32. The van der Waals surface area contributed by atoms with Crippen molar-refractivity contribution >= 4 is 60.4 Å². The highest BCUT2D eigenvalue weighted by molar-refractivity contribution is 6.22. The van der Waals surface area contributed by atoms with Gasteiger partial charge in [-0.25, -0.2) is 0 Å². The predicted molar refractivity (Wildman–Crippen MR) is 272 cm³/mol. The molecule has 0 fully saturated rings. The maximum atomic E-state index is 2.55. The van der Waals surface area contributed by atoms with Gasteiger partial charge in [0.1, 0.15) is 0 Å². The molecule has 0 atom stereocenters. The molecule has 2 aliphatic rings. The molecule has 0 aliphatic heterocycles. The predicted octanol–water partition coefficient (Wildman–Crippen LogP) is 16.6. The van der Waals surface area contributed by atoms with Crippen molar-refractivity contribution in [2.24, 2.45) is 0 Å². The van der Waals surface area contributed by atoms with E-state index >= 15 is 0 Å². The van der Waals surface area contributed by atoms with Crippen LogP contribution in [0.5, 0.6) is 0 Å². The highest BCUT2D eigenvalue weighted by Crippen LogP contribution is 2.65. The minimum atomic E-state index is -0.483. The monoisotopic (exact) mass is 824 g/mol. The van der Waals surface area contributed by atoms with Gasteiger partial charge in [-0.15, -0.1) is 0 Å². The number of hydrogen-bond acceptors (Lipinski definition) is 1. The third-order valence-corrected chi connectivity index (χ3v) is 14.4. The summed E-state index contributed by atoms with van der Waals surface area (Å²) in [5.74, 6) is 0. The first-order valence-corrected chi connectivity index (χ1v) is 22.6. The van der Waals surface area contributed by atoms with Gasteiger partial charge in [-0.05, 0) is 109 Å². The molecule has 1 heterocycles. The van der Waals surface area contributed by atoms with Crippen LogP contribution in [0.15, 0.2) is 243 Å². The van der Waals surface area contributed by atoms with Crippen molar-refractivity contribution < 1.29 is 0 Å². The second-order valence-electron chi connectivity index (χ2n) is 17.5. The summed E-state index contributed by atoms with van der Waals surface area (Å²) in [6.07, 6.45) is 0. The van der Waals surface area contributed by atoms with Crippen LogP contribution < -0.4 is 4.90 Å². The Morgan fingerprint density at radius 3 is 1.31 bits per heavy atom. The van der Waals surface area contributed by atoms with Crippen molar-refractivity contribution in [3.63, 3.8) is 0 Å². The Hall–Kier alpha value is -8.46. The maximum absolute atomic E-state index is 2.55. The normalized spacial score (nSPS) is 13.0. The second-order valence-corrected chi connectivity index (χ2v) is 17.5. The van der Waals surface area contributed by atoms with E-state index < -0.39 is 5.41 Å². The van der Waals surface area contributed by atoms with Crippen molar-refractivity contribution in [3.8, 4) is 39.1 Å². The maximum Gasteiger partial charge on any atom is 0.0731 e. The number of rotatable bonds is 5. The van der Waals surface area contributed by atoms with Gasteiger partial charge in [0.25, 0.3) is 0 Å². The largest absolute Gasteiger partial charge is 0.310 e. The van der Waals surface area contributed by atoms with Gasteiger partial charge in [-0.1, -0.05) is 200 Å². The summed E-state index contributed by atoms with van der Waals surface area (Å²) in [4.78, 5) is 2.36. The van der Waals surface area contributed by atoms with Crippen molar-refractivity contribution in [1.82, 2.24) is 4.57 Å².